The molecule has 2 N–H and O–H groups in total. The van der Waals surface area contributed by atoms with Gasteiger partial charge in [0.2, 0.25) is 0 Å². The van der Waals surface area contributed by atoms with Crippen molar-refractivity contribution in [2.75, 3.05) is 5.73 Å². The Morgan fingerprint density at radius 3 is 2.42 bits per heavy atom. The van der Waals surface area contributed by atoms with Crippen LogP contribution in [0.4, 0.5) is 5.69 Å². The van der Waals surface area contributed by atoms with Crippen LogP contribution in [0.15, 0.2) is 36.4 Å². The second-order valence-corrected chi connectivity index (χ2v) is 3.11. The van der Waals surface area contributed by atoms with Crippen LogP contribution in [0.1, 0.15) is 0 Å². The maximum Gasteiger partial charge on any atom is 0.139 e. The van der Waals surface area contributed by atoms with Gasteiger partial charge < -0.3 is 5.73 Å². The van der Waals surface area contributed by atoms with E-state index in [9.17, 15) is 0 Å². The summed E-state index contributed by atoms with van der Waals surface area (Å²) in [6.45, 7) is 0. The summed E-state index contributed by atoms with van der Waals surface area (Å²) >= 11 is 0. The summed E-state index contributed by atoms with van der Waals surface area (Å²) in [5.74, 6) is 0. The van der Waals surface area contributed by atoms with Gasteiger partial charge in [0, 0.05) is 5.69 Å². The van der Waals surface area contributed by atoms with Crippen molar-refractivity contribution in [3.63, 3.8) is 0 Å². The highest BCUT2D eigenvalue weighted by Gasteiger charge is 1.92. The number of nitrogen functional groups attached to an aromatic ring is 1. The first-order valence-corrected chi connectivity index (χ1v) is 4.01. The lowest BCUT2D eigenvalue weighted by atomic mass is 9.93. The summed E-state index contributed by atoms with van der Waals surface area (Å²) in [6, 6.07) is 12.3. The molecule has 0 aliphatic heterocycles. The molecule has 0 heterocycles. The van der Waals surface area contributed by atoms with Crippen LogP contribution in [0.5, 0.6) is 0 Å². The highest BCUT2D eigenvalue weighted by atomic mass is 14.5. The van der Waals surface area contributed by atoms with Crippen molar-refractivity contribution in [2.45, 2.75) is 0 Å². The number of hydrogen-bond acceptors (Lipinski definition) is 1. The zero-order valence-corrected chi connectivity index (χ0v) is 7.04. The fourth-order valence-electron chi connectivity index (χ4n) is 1.38. The van der Waals surface area contributed by atoms with E-state index in [0.717, 1.165) is 5.69 Å². The molecule has 0 bridgehead atoms. The van der Waals surface area contributed by atoms with E-state index in [4.69, 9.17) is 5.73 Å². The Balaban J connectivity index is 2.79. The molecule has 2 heteroatoms. The third-order valence-corrected chi connectivity index (χ3v) is 2.02. The molecular formula is C10H10BN. The summed E-state index contributed by atoms with van der Waals surface area (Å²) in [5, 5.41) is 2.46. The van der Waals surface area contributed by atoms with E-state index in [0.29, 0.717) is 0 Å². The molecule has 0 unspecified atom stereocenters. The average molecular weight is 155 g/mol. The Labute approximate surface area is 72.6 Å². The molecule has 0 radical (unpaired) electrons. The van der Waals surface area contributed by atoms with Crippen molar-refractivity contribution in [1.82, 2.24) is 0 Å². The first kappa shape index (κ1) is 7.23. The third-order valence-electron chi connectivity index (χ3n) is 2.02. The molecule has 0 aliphatic carbocycles. The van der Waals surface area contributed by atoms with E-state index >= 15 is 0 Å². The fraction of sp³-hybridized carbons (Fsp3) is 0. The maximum atomic E-state index is 5.66. The molecule has 0 aromatic heterocycles. The number of fused-ring (bicyclic) bond motifs is 1. The van der Waals surface area contributed by atoms with E-state index in [1.807, 2.05) is 12.1 Å². The summed E-state index contributed by atoms with van der Waals surface area (Å²) in [4.78, 5) is 0. The topological polar surface area (TPSA) is 26.0 Å². The Bertz CT molecular complexity index is 382. The Morgan fingerprint density at radius 2 is 1.58 bits per heavy atom. The van der Waals surface area contributed by atoms with Gasteiger partial charge in [0.15, 0.2) is 0 Å². The molecule has 0 saturated heterocycles. The Kier molecular flexibility index (Phi) is 1.54. The quantitative estimate of drug-likeness (QED) is 0.439. The number of hydrogen-bond donors (Lipinski definition) is 1. The predicted octanol–water partition coefficient (Wildman–Crippen LogP) is 0.680. The van der Waals surface area contributed by atoms with Gasteiger partial charge in [0.25, 0.3) is 0 Å². The summed E-state index contributed by atoms with van der Waals surface area (Å²) in [7, 11) is 2.09. The number of benzene rings is 2. The van der Waals surface area contributed by atoms with Gasteiger partial charge in [-0.1, -0.05) is 29.7 Å². The van der Waals surface area contributed by atoms with E-state index in [1.54, 1.807) is 0 Å². The van der Waals surface area contributed by atoms with Crippen LogP contribution in [0.2, 0.25) is 0 Å². The molecule has 0 amide bonds. The molecule has 2 rings (SSSR count). The minimum absolute atomic E-state index is 0.825. The van der Waals surface area contributed by atoms with Crippen LogP contribution in [-0.2, 0) is 0 Å². The van der Waals surface area contributed by atoms with Gasteiger partial charge in [0.1, 0.15) is 7.85 Å². The van der Waals surface area contributed by atoms with Crippen LogP contribution in [-0.4, -0.2) is 7.85 Å². The lowest BCUT2D eigenvalue weighted by Crippen LogP contribution is -1.99. The molecule has 0 saturated carbocycles. The average Bonchev–Trinajstić information content (AvgIpc) is 2.05. The van der Waals surface area contributed by atoms with E-state index in [2.05, 4.69) is 32.1 Å². The minimum atomic E-state index is 0.825. The third kappa shape index (κ3) is 1.16. The van der Waals surface area contributed by atoms with Gasteiger partial charge in [-0.3, -0.25) is 0 Å². The van der Waals surface area contributed by atoms with Crippen molar-refractivity contribution in [2.24, 2.45) is 0 Å². The zero-order chi connectivity index (χ0) is 8.55. The second-order valence-electron chi connectivity index (χ2n) is 3.11. The highest BCUT2D eigenvalue weighted by molar-refractivity contribution is 6.33. The molecule has 2 aromatic carbocycles. The molecule has 12 heavy (non-hydrogen) atoms. The van der Waals surface area contributed by atoms with Crippen LogP contribution in [0.25, 0.3) is 10.8 Å². The Morgan fingerprint density at radius 1 is 0.917 bits per heavy atom. The number of rotatable bonds is 0. The van der Waals surface area contributed by atoms with Crippen molar-refractivity contribution in [3.8, 4) is 0 Å². The lowest BCUT2D eigenvalue weighted by Gasteiger charge is -1.99. The molecule has 0 atom stereocenters. The second kappa shape index (κ2) is 2.56. The van der Waals surface area contributed by atoms with Gasteiger partial charge >= 0.3 is 0 Å². The number of nitrogens with two attached hydrogens (primary N) is 1. The van der Waals surface area contributed by atoms with Crippen LogP contribution < -0.4 is 11.2 Å². The van der Waals surface area contributed by atoms with Crippen LogP contribution in [0.3, 0.4) is 0 Å². The summed E-state index contributed by atoms with van der Waals surface area (Å²) < 4.78 is 0. The van der Waals surface area contributed by atoms with Crippen molar-refractivity contribution in [3.05, 3.63) is 36.4 Å². The van der Waals surface area contributed by atoms with Crippen molar-refractivity contribution >= 4 is 29.8 Å². The van der Waals surface area contributed by atoms with E-state index in [-0.39, 0.29) is 0 Å². The predicted molar refractivity (Wildman–Crippen MR) is 56.5 cm³/mol. The first-order chi connectivity index (χ1) is 5.75. The maximum absolute atomic E-state index is 5.66. The minimum Gasteiger partial charge on any atom is -0.399 e. The fourth-order valence-corrected chi connectivity index (χ4v) is 1.38. The van der Waals surface area contributed by atoms with E-state index < -0.39 is 0 Å². The first-order valence-electron chi connectivity index (χ1n) is 4.01. The Hall–Kier alpha value is -1.44. The normalized spacial score (nSPS) is 10.3. The monoisotopic (exact) mass is 155 g/mol. The smallest absolute Gasteiger partial charge is 0.139 e. The SMILES string of the molecule is Bc1ccc2cc(N)ccc2c1. The zero-order valence-electron chi connectivity index (χ0n) is 7.04. The largest absolute Gasteiger partial charge is 0.399 e. The molecule has 0 aliphatic rings. The van der Waals surface area contributed by atoms with Crippen LogP contribution in [0, 0.1) is 0 Å². The van der Waals surface area contributed by atoms with Gasteiger partial charge in [-0.05, 0) is 22.9 Å². The molecule has 58 valence electrons. The molecule has 0 fully saturated rings. The van der Waals surface area contributed by atoms with Crippen LogP contribution >= 0.6 is 0 Å². The van der Waals surface area contributed by atoms with Gasteiger partial charge in [-0.2, -0.15) is 0 Å². The lowest BCUT2D eigenvalue weighted by molar-refractivity contribution is 1.75. The molecule has 1 nitrogen and oxygen atoms in total. The van der Waals surface area contributed by atoms with E-state index in [1.165, 1.54) is 16.2 Å². The number of anilines is 1. The molecule has 0 spiro atoms. The molecule has 2 aromatic rings. The van der Waals surface area contributed by atoms with Gasteiger partial charge in [-0.15, -0.1) is 0 Å². The highest BCUT2D eigenvalue weighted by Crippen LogP contribution is 2.15. The van der Waals surface area contributed by atoms with Crippen molar-refractivity contribution in [1.29, 1.82) is 0 Å². The molecular weight excluding hydrogens is 145 g/mol. The summed E-state index contributed by atoms with van der Waals surface area (Å²) in [5.41, 5.74) is 7.77. The van der Waals surface area contributed by atoms with Gasteiger partial charge in [-0.25, -0.2) is 0 Å². The summed E-state index contributed by atoms with van der Waals surface area (Å²) in [6.07, 6.45) is 0. The van der Waals surface area contributed by atoms with Gasteiger partial charge in [0.05, 0.1) is 0 Å². The van der Waals surface area contributed by atoms with Crippen molar-refractivity contribution < 1.29 is 0 Å². The standard InChI is InChI=1S/C10H10BN/c11-9-3-1-8-6-10(12)4-2-7(8)5-9/h1-6H,11-12H2.